The van der Waals surface area contributed by atoms with Crippen LogP contribution in [-0.2, 0) is 12.8 Å². The molecule has 214 valence electrons. The Morgan fingerprint density at radius 3 is 2.15 bits per heavy atom. The summed E-state index contributed by atoms with van der Waals surface area (Å²) in [5, 5.41) is 20.1. The minimum atomic E-state index is -1.04. The van der Waals surface area contributed by atoms with Gasteiger partial charge in [-0.05, 0) is 79.3 Å². The molecule has 0 aliphatic rings. The smallest absolute Gasteiger partial charge is 0.339 e. The van der Waals surface area contributed by atoms with Gasteiger partial charge in [0.2, 0.25) is 0 Å². The molecular formula is C34H35FO6. The van der Waals surface area contributed by atoms with Crippen molar-refractivity contribution < 1.29 is 33.6 Å². The summed E-state index contributed by atoms with van der Waals surface area (Å²) in [6.07, 6.45) is 3.82. The largest absolute Gasteiger partial charge is 0.507 e. The van der Waals surface area contributed by atoms with Crippen LogP contribution < -0.4 is 14.2 Å². The van der Waals surface area contributed by atoms with E-state index in [1.807, 2.05) is 31.2 Å². The molecule has 0 spiro atoms. The van der Waals surface area contributed by atoms with Gasteiger partial charge in [-0.2, -0.15) is 0 Å². The molecule has 0 radical (unpaired) electrons. The van der Waals surface area contributed by atoms with Crippen molar-refractivity contribution in [2.75, 3.05) is 13.2 Å². The number of unbranched alkanes of at least 4 members (excludes halogenated alkanes) is 1. The zero-order valence-electron chi connectivity index (χ0n) is 23.4. The van der Waals surface area contributed by atoms with Gasteiger partial charge in [0.05, 0.1) is 13.2 Å². The highest BCUT2D eigenvalue weighted by Crippen LogP contribution is 2.37. The molecule has 0 aromatic heterocycles. The monoisotopic (exact) mass is 558 g/mol. The Hall–Kier alpha value is -4.52. The topological polar surface area (TPSA) is 85.2 Å². The molecule has 6 nitrogen and oxygen atoms in total. The van der Waals surface area contributed by atoms with Crippen molar-refractivity contribution in [2.24, 2.45) is 0 Å². The molecule has 2 N–H and O–H groups in total. The van der Waals surface area contributed by atoms with Crippen LogP contribution in [0.25, 0.3) is 11.1 Å². The zero-order chi connectivity index (χ0) is 29.2. The lowest BCUT2D eigenvalue weighted by Gasteiger charge is -2.17. The summed E-state index contributed by atoms with van der Waals surface area (Å²) in [6, 6.07) is 21.7. The predicted octanol–water partition coefficient (Wildman–Crippen LogP) is 8.44. The fourth-order valence-electron chi connectivity index (χ4n) is 4.58. The van der Waals surface area contributed by atoms with Crippen molar-refractivity contribution >= 4 is 5.97 Å². The average molecular weight is 559 g/mol. The summed E-state index contributed by atoms with van der Waals surface area (Å²) in [6.45, 7) is 5.03. The van der Waals surface area contributed by atoms with Crippen molar-refractivity contribution in [3.8, 4) is 39.9 Å². The van der Waals surface area contributed by atoms with Gasteiger partial charge in [0.25, 0.3) is 0 Å². The molecule has 0 amide bonds. The molecule has 4 aromatic rings. The van der Waals surface area contributed by atoms with Crippen molar-refractivity contribution in [3.63, 3.8) is 0 Å². The molecule has 7 heteroatoms. The first-order valence-electron chi connectivity index (χ1n) is 13.9. The van der Waals surface area contributed by atoms with Crippen molar-refractivity contribution in [1.29, 1.82) is 0 Å². The molecular weight excluding hydrogens is 523 g/mol. The number of halogens is 1. The Balaban J connectivity index is 1.34. The number of carbonyl (C=O) groups is 1. The van der Waals surface area contributed by atoms with Crippen LogP contribution in [0.3, 0.4) is 0 Å². The Morgan fingerprint density at radius 2 is 1.46 bits per heavy atom. The van der Waals surface area contributed by atoms with Gasteiger partial charge in [-0.15, -0.1) is 0 Å². The minimum absolute atomic E-state index is 0.0867. The Labute approximate surface area is 240 Å². The number of phenols is 1. The SMILES string of the molecule is CCCc1c(OCCCCOc2cc(O)c(-c3ccc(F)cc3)cc2CC)cccc1Oc1ccccc1C(=O)O. The van der Waals surface area contributed by atoms with Gasteiger partial charge in [0.1, 0.15) is 40.1 Å². The van der Waals surface area contributed by atoms with Crippen LogP contribution in [0.15, 0.2) is 78.9 Å². The second-order valence-corrected chi connectivity index (χ2v) is 9.63. The van der Waals surface area contributed by atoms with Gasteiger partial charge >= 0.3 is 5.97 Å². The van der Waals surface area contributed by atoms with E-state index in [0.717, 1.165) is 48.8 Å². The van der Waals surface area contributed by atoms with Gasteiger partial charge in [-0.3, -0.25) is 0 Å². The number of ether oxygens (including phenoxy) is 3. The fraction of sp³-hybridized carbons (Fsp3) is 0.265. The molecule has 41 heavy (non-hydrogen) atoms. The summed E-state index contributed by atoms with van der Waals surface area (Å²) >= 11 is 0. The summed E-state index contributed by atoms with van der Waals surface area (Å²) in [5.74, 6) is 0.936. The maximum Gasteiger partial charge on any atom is 0.339 e. The molecule has 0 atom stereocenters. The lowest BCUT2D eigenvalue weighted by molar-refractivity contribution is 0.0694. The maximum absolute atomic E-state index is 13.3. The van der Waals surface area contributed by atoms with Crippen LogP contribution in [0, 0.1) is 5.82 Å². The van der Waals surface area contributed by atoms with E-state index >= 15 is 0 Å². The molecule has 0 heterocycles. The second kappa shape index (κ2) is 14.2. The van der Waals surface area contributed by atoms with E-state index in [4.69, 9.17) is 14.2 Å². The van der Waals surface area contributed by atoms with E-state index < -0.39 is 5.97 Å². The summed E-state index contributed by atoms with van der Waals surface area (Å²) in [5.41, 5.74) is 3.35. The van der Waals surface area contributed by atoms with E-state index in [-0.39, 0.29) is 22.9 Å². The van der Waals surface area contributed by atoms with Crippen LogP contribution in [-0.4, -0.2) is 29.4 Å². The van der Waals surface area contributed by atoms with Gasteiger partial charge < -0.3 is 24.4 Å². The Kier molecular flexibility index (Phi) is 10.2. The average Bonchev–Trinajstić information content (AvgIpc) is 2.97. The van der Waals surface area contributed by atoms with Crippen LogP contribution in [0.2, 0.25) is 0 Å². The highest BCUT2D eigenvalue weighted by Gasteiger charge is 2.16. The van der Waals surface area contributed by atoms with Crippen molar-refractivity contribution in [1.82, 2.24) is 0 Å². The van der Waals surface area contributed by atoms with E-state index in [9.17, 15) is 19.4 Å². The number of phenolic OH excluding ortho intramolecular Hbond substituents is 1. The molecule has 0 fully saturated rings. The number of hydrogen-bond donors (Lipinski definition) is 2. The molecule has 0 aliphatic heterocycles. The Morgan fingerprint density at radius 1 is 0.805 bits per heavy atom. The van der Waals surface area contributed by atoms with Gasteiger partial charge in [-0.1, -0.05) is 50.6 Å². The van der Waals surface area contributed by atoms with E-state index in [1.54, 1.807) is 36.4 Å². The second-order valence-electron chi connectivity index (χ2n) is 9.63. The van der Waals surface area contributed by atoms with Gasteiger partial charge in [0.15, 0.2) is 0 Å². The number of benzene rings is 4. The van der Waals surface area contributed by atoms with Crippen molar-refractivity contribution in [2.45, 2.75) is 46.0 Å². The first-order valence-corrected chi connectivity index (χ1v) is 13.9. The predicted molar refractivity (Wildman–Crippen MR) is 157 cm³/mol. The quantitative estimate of drug-likeness (QED) is 0.151. The third-order valence-corrected chi connectivity index (χ3v) is 6.70. The first-order chi connectivity index (χ1) is 19.9. The summed E-state index contributed by atoms with van der Waals surface area (Å²) in [4.78, 5) is 11.6. The molecule has 4 rings (SSSR count). The van der Waals surface area contributed by atoms with Crippen LogP contribution in [0.5, 0.6) is 28.7 Å². The summed E-state index contributed by atoms with van der Waals surface area (Å²) in [7, 11) is 0. The van der Waals surface area contributed by atoms with Gasteiger partial charge in [0, 0.05) is 17.2 Å². The number of para-hydroxylation sites is 1. The molecule has 4 aromatic carbocycles. The molecule has 0 saturated heterocycles. The number of hydrogen-bond acceptors (Lipinski definition) is 5. The van der Waals surface area contributed by atoms with Crippen LogP contribution >= 0.6 is 0 Å². The standard InChI is InChI=1S/C34H35FO6/c1-3-10-26-30(13-9-14-31(26)41-32-12-6-5-11-27(32)34(37)38)39-19-7-8-20-40-33-22-29(36)28(21-23(33)4-2)24-15-17-25(35)18-16-24/h5-6,9,11-18,21-22,36H,3-4,7-8,10,19-20H2,1-2H3,(H,37,38). The molecule has 0 unspecified atom stereocenters. The summed E-state index contributed by atoms with van der Waals surface area (Å²) < 4.78 is 31.5. The van der Waals surface area contributed by atoms with Crippen molar-refractivity contribution in [3.05, 3.63) is 101 Å². The lowest BCUT2D eigenvalue weighted by Crippen LogP contribution is -2.06. The third-order valence-electron chi connectivity index (χ3n) is 6.70. The fourth-order valence-corrected chi connectivity index (χ4v) is 4.58. The minimum Gasteiger partial charge on any atom is -0.507 e. The van der Waals surface area contributed by atoms with E-state index in [1.165, 1.54) is 18.2 Å². The number of rotatable bonds is 14. The maximum atomic E-state index is 13.3. The van der Waals surface area contributed by atoms with E-state index in [0.29, 0.717) is 36.0 Å². The number of aryl methyl sites for hydroxylation is 1. The number of aromatic hydroxyl groups is 1. The molecule has 0 saturated carbocycles. The number of carboxylic acid groups (broad SMARTS) is 1. The lowest BCUT2D eigenvalue weighted by atomic mass is 10.00. The van der Waals surface area contributed by atoms with Gasteiger partial charge in [-0.25, -0.2) is 9.18 Å². The highest BCUT2D eigenvalue weighted by molar-refractivity contribution is 5.91. The van der Waals surface area contributed by atoms with Crippen LogP contribution in [0.4, 0.5) is 4.39 Å². The third kappa shape index (κ3) is 7.57. The number of carboxylic acids is 1. The normalized spacial score (nSPS) is 10.8. The number of aromatic carboxylic acids is 1. The highest BCUT2D eigenvalue weighted by atomic mass is 19.1. The Bertz CT molecular complexity index is 1470. The van der Waals surface area contributed by atoms with Crippen LogP contribution in [0.1, 0.15) is 54.6 Å². The van der Waals surface area contributed by atoms with E-state index in [2.05, 4.69) is 6.92 Å². The first kappa shape index (κ1) is 29.5. The molecule has 0 aliphatic carbocycles. The zero-order valence-corrected chi connectivity index (χ0v) is 23.4. The molecule has 0 bridgehead atoms.